The molecular formula is C13H12BrFN2S. The van der Waals surface area contributed by atoms with Crippen LogP contribution in [0.4, 0.5) is 4.39 Å². The summed E-state index contributed by atoms with van der Waals surface area (Å²) in [6, 6.07) is 6.38. The van der Waals surface area contributed by atoms with E-state index in [1.165, 1.54) is 12.1 Å². The minimum Gasteiger partial charge on any atom is -0.307 e. The summed E-state index contributed by atoms with van der Waals surface area (Å²) < 4.78 is 13.7. The van der Waals surface area contributed by atoms with E-state index in [9.17, 15) is 4.39 Å². The highest BCUT2D eigenvalue weighted by Crippen LogP contribution is 2.23. The smallest absolute Gasteiger partial charge is 0.123 e. The molecule has 0 saturated heterocycles. The summed E-state index contributed by atoms with van der Waals surface area (Å²) in [6.07, 6.45) is 0. The Kier molecular flexibility index (Phi) is 4.63. The molecular weight excluding hydrogens is 315 g/mol. The van der Waals surface area contributed by atoms with Crippen molar-refractivity contribution < 1.29 is 4.39 Å². The molecule has 1 heterocycles. The topological polar surface area (TPSA) is 24.9 Å². The molecule has 0 spiro atoms. The fraction of sp³-hybridized carbons (Fsp3) is 0.154. The standard InChI is InChI=1S/C13H12BrFN2S/c1-9(14)6-16-7-12-8-18-13(17-12)10-2-4-11(15)5-3-10/h2-5,8,16H,1,6-7H2. The third kappa shape index (κ3) is 3.73. The van der Waals surface area contributed by atoms with E-state index in [2.05, 4.69) is 32.8 Å². The third-order valence-electron chi connectivity index (χ3n) is 2.27. The van der Waals surface area contributed by atoms with Crippen LogP contribution in [-0.4, -0.2) is 11.5 Å². The highest BCUT2D eigenvalue weighted by Gasteiger charge is 2.04. The number of nitrogens with one attached hydrogen (secondary N) is 1. The predicted octanol–water partition coefficient (Wildman–Crippen LogP) is 3.95. The van der Waals surface area contributed by atoms with Gasteiger partial charge >= 0.3 is 0 Å². The van der Waals surface area contributed by atoms with Crippen LogP contribution in [0.5, 0.6) is 0 Å². The maximum atomic E-state index is 12.8. The largest absolute Gasteiger partial charge is 0.307 e. The van der Waals surface area contributed by atoms with Gasteiger partial charge in [-0.2, -0.15) is 0 Å². The van der Waals surface area contributed by atoms with Crippen molar-refractivity contribution in [3.8, 4) is 10.6 Å². The highest BCUT2D eigenvalue weighted by molar-refractivity contribution is 9.11. The van der Waals surface area contributed by atoms with Gasteiger partial charge in [-0.1, -0.05) is 22.5 Å². The molecule has 0 atom stereocenters. The number of nitrogens with zero attached hydrogens (tertiary/aromatic N) is 1. The van der Waals surface area contributed by atoms with Gasteiger partial charge in [0.25, 0.3) is 0 Å². The maximum Gasteiger partial charge on any atom is 0.123 e. The lowest BCUT2D eigenvalue weighted by molar-refractivity contribution is 0.628. The molecule has 0 bridgehead atoms. The Morgan fingerprint density at radius 1 is 1.39 bits per heavy atom. The molecule has 0 aliphatic rings. The molecule has 2 aromatic rings. The molecule has 18 heavy (non-hydrogen) atoms. The van der Waals surface area contributed by atoms with Crippen LogP contribution >= 0.6 is 27.3 Å². The molecule has 0 aliphatic heterocycles. The van der Waals surface area contributed by atoms with E-state index in [1.54, 1.807) is 23.5 Å². The predicted molar refractivity (Wildman–Crippen MR) is 77.3 cm³/mol. The molecule has 0 aliphatic carbocycles. The van der Waals surface area contributed by atoms with Crippen molar-refractivity contribution >= 4 is 27.3 Å². The van der Waals surface area contributed by atoms with Gasteiger partial charge in [-0.05, 0) is 24.3 Å². The van der Waals surface area contributed by atoms with E-state index in [1.807, 2.05) is 5.38 Å². The highest BCUT2D eigenvalue weighted by atomic mass is 79.9. The average molecular weight is 327 g/mol. The second-order valence-corrected chi connectivity index (χ2v) is 5.75. The van der Waals surface area contributed by atoms with Crippen LogP contribution in [0.3, 0.4) is 0 Å². The van der Waals surface area contributed by atoms with Gasteiger partial charge in [-0.15, -0.1) is 11.3 Å². The minimum atomic E-state index is -0.229. The number of thiazole rings is 1. The van der Waals surface area contributed by atoms with Crippen LogP contribution in [0.2, 0.25) is 0 Å². The molecule has 94 valence electrons. The Bertz CT molecular complexity index is 536. The Morgan fingerprint density at radius 3 is 2.78 bits per heavy atom. The first kappa shape index (κ1) is 13.4. The van der Waals surface area contributed by atoms with E-state index in [-0.39, 0.29) is 5.82 Å². The van der Waals surface area contributed by atoms with Crippen molar-refractivity contribution in [2.75, 3.05) is 6.54 Å². The van der Waals surface area contributed by atoms with Crippen molar-refractivity contribution in [3.63, 3.8) is 0 Å². The van der Waals surface area contributed by atoms with Gasteiger partial charge in [-0.3, -0.25) is 0 Å². The van der Waals surface area contributed by atoms with E-state index in [0.29, 0.717) is 13.1 Å². The SMILES string of the molecule is C=C(Br)CNCc1csc(-c2ccc(F)cc2)n1. The number of halogens is 2. The zero-order valence-electron chi connectivity index (χ0n) is 9.62. The quantitative estimate of drug-likeness (QED) is 0.899. The fourth-order valence-corrected chi connectivity index (χ4v) is 2.46. The Morgan fingerprint density at radius 2 is 2.11 bits per heavy atom. The van der Waals surface area contributed by atoms with Crippen molar-refractivity contribution in [3.05, 3.63) is 52.2 Å². The Labute approximate surface area is 118 Å². The number of hydrogen-bond acceptors (Lipinski definition) is 3. The van der Waals surface area contributed by atoms with Gasteiger partial charge in [0.05, 0.1) is 5.69 Å². The Hall–Kier alpha value is -1.04. The van der Waals surface area contributed by atoms with Crippen molar-refractivity contribution in [1.82, 2.24) is 10.3 Å². The van der Waals surface area contributed by atoms with Gasteiger partial charge < -0.3 is 5.32 Å². The molecule has 1 N–H and O–H groups in total. The Balaban J connectivity index is 2.01. The van der Waals surface area contributed by atoms with Crippen molar-refractivity contribution in [2.24, 2.45) is 0 Å². The minimum absolute atomic E-state index is 0.229. The number of rotatable bonds is 5. The second-order valence-electron chi connectivity index (χ2n) is 3.77. The third-order valence-corrected chi connectivity index (χ3v) is 3.49. The normalized spacial score (nSPS) is 10.6. The summed E-state index contributed by atoms with van der Waals surface area (Å²) in [7, 11) is 0. The van der Waals surface area contributed by atoms with Crippen LogP contribution in [0.25, 0.3) is 10.6 Å². The molecule has 0 fully saturated rings. The first-order valence-electron chi connectivity index (χ1n) is 5.39. The van der Waals surface area contributed by atoms with Crippen LogP contribution in [0.15, 0.2) is 40.7 Å². The lowest BCUT2D eigenvalue weighted by atomic mass is 10.2. The summed E-state index contributed by atoms with van der Waals surface area (Å²) in [5.74, 6) is -0.229. The average Bonchev–Trinajstić information content (AvgIpc) is 2.78. The van der Waals surface area contributed by atoms with Crippen LogP contribution in [-0.2, 0) is 6.54 Å². The summed E-state index contributed by atoms with van der Waals surface area (Å²) in [4.78, 5) is 4.50. The van der Waals surface area contributed by atoms with Gasteiger partial charge in [0.1, 0.15) is 10.8 Å². The van der Waals surface area contributed by atoms with Crippen molar-refractivity contribution in [1.29, 1.82) is 0 Å². The molecule has 0 radical (unpaired) electrons. The number of hydrogen-bond donors (Lipinski definition) is 1. The second kappa shape index (κ2) is 6.22. The lowest BCUT2D eigenvalue weighted by Gasteiger charge is -1.99. The fourth-order valence-electron chi connectivity index (χ4n) is 1.44. The van der Waals surface area contributed by atoms with Crippen LogP contribution in [0.1, 0.15) is 5.69 Å². The zero-order valence-corrected chi connectivity index (χ0v) is 12.0. The monoisotopic (exact) mass is 326 g/mol. The molecule has 2 nitrogen and oxygen atoms in total. The summed E-state index contributed by atoms with van der Waals surface area (Å²) in [5, 5.41) is 6.12. The lowest BCUT2D eigenvalue weighted by Crippen LogP contribution is -2.14. The molecule has 1 aromatic heterocycles. The van der Waals surface area contributed by atoms with E-state index >= 15 is 0 Å². The van der Waals surface area contributed by atoms with Crippen LogP contribution in [0, 0.1) is 5.82 Å². The molecule has 2 rings (SSSR count). The maximum absolute atomic E-state index is 12.8. The van der Waals surface area contributed by atoms with Gasteiger partial charge in [0.2, 0.25) is 0 Å². The van der Waals surface area contributed by atoms with E-state index < -0.39 is 0 Å². The first-order valence-corrected chi connectivity index (χ1v) is 7.07. The van der Waals surface area contributed by atoms with Gasteiger partial charge in [-0.25, -0.2) is 9.37 Å². The summed E-state index contributed by atoms with van der Waals surface area (Å²) in [6.45, 7) is 5.16. The van der Waals surface area contributed by atoms with Crippen LogP contribution < -0.4 is 5.32 Å². The first-order chi connectivity index (χ1) is 8.65. The van der Waals surface area contributed by atoms with Gasteiger partial charge in [0.15, 0.2) is 0 Å². The molecule has 0 unspecified atom stereocenters. The molecule has 0 saturated carbocycles. The zero-order chi connectivity index (χ0) is 13.0. The molecule has 0 amide bonds. The van der Waals surface area contributed by atoms with E-state index in [0.717, 1.165) is 20.7 Å². The molecule has 1 aromatic carbocycles. The van der Waals surface area contributed by atoms with Crippen molar-refractivity contribution in [2.45, 2.75) is 6.54 Å². The number of benzene rings is 1. The summed E-state index contributed by atoms with van der Waals surface area (Å²) >= 11 is 4.85. The van der Waals surface area contributed by atoms with E-state index in [4.69, 9.17) is 0 Å². The number of aromatic nitrogens is 1. The summed E-state index contributed by atoms with van der Waals surface area (Å²) in [5.41, 5.74) is 1.92. The molecule has 5 heteroatoms. The van der Waals surface area contributed by atoms with Gasteiger partial charge in [0, 0.05) is 28.5 Å².